The molecule has 0 aliphatic carbocycles. The summed E-state index contributed by atoms with van der Waals surface area (Å²) < 4.78 is 11.0. The van der Waals surface area contributed by atoms with Crippen molar-refractivity contribution in [2.45, 2.75) is 223 Å². The standard InChI is InChI=1S/C44H81NO10/c1-3-5-7-9-11-13-15-17-19-21-23-25-27-29-31-36(47)39(49)35(34-54-44-42(52)41(51)40(50)38(33-46)55-44)45-43(53)37(48)32-30-28-26-24-22-20-18-16-14-12-10-8-6-4-2/h12,14,16,18,23,25,35-42,44,46-52H,3-11,13,15,17,19-22,24,26-34H2,1-2H3,(H,45,53)/b14-12-,18-16-,25-23+. The Kier molecular flexibility index (Phi) is 32.1. The third-order valence-electron chi connectivity index (χ3n) is 10.4. The zero-order valence-electron chi connectivity index (χ0n) is 34.4. The zero-order chi connectivity index (χ0) is 40.5. The van der Waals surface area contributed by atoms with Crippen molar-refractivity contribution < 1.29 is 50.0 Å². The Bertz CT molecular complexity index is 992. The van der Waals surface area contributed by atoms with Crippen molar-refractivity contribution in [2.75, 3.05) is 13.2 Å². The molecule has 1 saturated heterocycles. The highest BCUT2D eigenvalue weighted by molar-refractivity contribution is 5.80. The zero-order valence-corrected chi connectivity index (χ0v) is 34.4. The predicted molar refractivity (Wildman–Crippen MR) is 219 cm³/mol. The SMILES string of the molecule is CCCCC/C=C\C=C/CCCCCCCC(O)C(=O)NC(COC1OC(CO)C(O)C(O)C1O)C(O)C(O)CCC/C=C/CCCCCCCCCCC. The van der Waals surface area contributed by atoms with E-state index in [4.69, 9.17) is 9.47 Å². The molecule has 0 aromatic carbocycles. The summed E-state index contributed by atoms with van der Waals surface area (Å²) in [4.78, 5) is 13.0. The summed E-state index contributed by atoms with van der Waals surface area (Å²) in [5.74, 6) is -0.721. The van der Waals surface area contributed by atoms with Crippen LogP contribution in [0.3, 0.4) is 0 Å². The van der Waals surface area contributed by atoms with Crippen LogP contribution in [0.5, 0.6) is 0 Å². The van der Waals surface area contributed by atoms with E-state index in [-0.39, 0.29) is 12.8 Å². The highest BCUT2D eigenvalue weighted by atomic mass is 16.7. The van der Waals surface area contributed by atoms with Gasteiger partial charge in [0.15, 0.2) is 6.29 Å². The molecule has 0 aromatic rings. The molecule has 11 nitrogen and oxygen atoms in total. The average Bonchev–Trinajstić information content (AvgIpc) is 3.18. The smallest absolute Gasteiger partial charge is 0.249 e. The molecule has 322 valence electrons. The van der Waals surface area contributed by atoms with Crippen LogP contribution in [0.25, 0.3) is 0 Å². The second kappa shape index (κ2) is 34.4. The van der Waals surface area contributed by atoms with E-state index in [1.807, 2.05) is 0 Å². The van der Waals surface area contributed by atoms with E-state index in [0.717, 1.165) is 57.8 Å². The summed E-state index contributed by atoms with van der Waals surface area (Å²) >= 11 is 0. The highest BCUT2D eigenvalue weighted by Crippen LogP contribution is 2.23. The van der Waals surface area contributed by atoms with Gasteiger partial charge in [-0.1, -0.05) is 140 Å². The number of allylic oxidation sites excluding steroid dienone is 6. The van der Waals surface area contributed by atoms with Gasteiger partial charge in [0, 0.05) is 0 Å². The summed E-state index contributed by atoms with van der Waals surface area (Å²) in [5, 5.41) is 75.4. The van der Waals surface area contributed by atoms with Gasteiger partial charge in [-0.25, -0.2) is 0 Å². The number of hydrogen-bond donors (Lipinski definition) is 8. The lowest BCUT2D eigenvalue weighted by Crippen LogP contribution is -2.60. The molecule has 0 spiro atoms. The first kappa shape index (κ1) is 51.3. The Labute approximate surface area is 333 Å². The topological polar surface area (TPSA) is 189 Å². The monoisotopic (exact) mass is 784 g/mol. The molecule has 0 saturated carbocycles. The summed E-state index contributed by atoms with van der Waals surface area (Å²) in [7, 11) is 0. The number of unbranched alkanes of at least 4 members (excludes halogenated alkanes) is 18. The van der Waals surface area contributed by atoms with Crippen molar-refractivity contribution in [1.82, 2.24) is 5.32 Å². The van der Waals surface area contributed by atoms with Crippen LogP contribution in [0, 0.1) is 0 Å². The highest BCUT2D eigenvalue weighted by Gasteiger charge is 2.44. The minimum absolute atomic E-state index is 0.235. The maximum Gasteiger partial charge on any atom is 0.249 e. The van der Waals surface area contributed by atoms with Gasteiger partial charge in [-0.15, -0.1) is 0 Å². The molecule has 1 heterocycles. The summed E-state index contributed by atoms with van der Waals surface area (Å²) in [6.45, 7) is 3.36. The largest absolute Gasteiger partial charge is 0.394 e. The van der Waals surface area contributed by atoms with Gasteiger partial charge in [-0.3, -0.25) is 4.79 Å². The van der Waals surface area contributed by atoms with Gasteiger partial charge in [0.2, 0.25) is 5.91 Å². The minimum Gasteiger partial charge on any atom is -0.394 e. The van der Waals surface area contributed by atoms with Crippen LogP contribution in [-0.4, -0.2) is 110 Å². The maximum atomic E-state index is 13.0. The van der Waals surface area contributed by atoms with Crippen molar-refractivity contribution in [3.05, 3.63) is 36.5 Å². The number of ether oxygens (including phenoxy) is 2. The molecule has 9 atom stereocenters. The molecule has 1 amide bonds. The fourth-order valence-electron chi connectivity index (χ4n) is 6.72. The summed E-state index contributed by atoms with van der Waals surface area (Å²) in [6.07, 6.45) is 26.2. The van der Waals surface area contributed by atoms with Gasteiger partial charge >= 0.3 is 0 Å². The predicted octanol–water partition coefficient (Wildman–Crippen LogP) is 6.44. The van der Waals surface area contributed by atoms with Crippen LogP contribution >= 0.6 is 0 Å². The van der Waals surface area contributed by atoms with Crippen molar-refractivity contribution in [3.63, 3.8) is 0 Å². The third-order valence-corrected chi connectivity index (χ3v) is 10.4. The fourth-order valence-corrected chi connectivity index (χ4v) is 6.72. The van der Waals surface area contributed by atoms with Crippen molar-refractivity contribution >= 4 is 5.91 Å². The summed E-state index contributed by atoms with van der Waals surface area (Å²) in [5.41, 5.74) is 0. The molecule has 8 N–H and O–H groups in total. The van der Waals surface area contributed by atoms with Gasteiger partial charge in [-0.05, 0) is 64.2 Å². The number of nitrogens with one attached hydrogen (secondary N) is 1. The van der Waals surface area contributed by atoms with Gasteiger partial charge in [0.1, 0.15) is 36.6 Å². The lowest BCUT2D eigenvalue weighted by atomic mass is 9.98. The van der Waals surface area contributed by atoms with E-state index < -0.39 is 74.2 Å². The van der Waals surface area contributed by atoms with Crippen LogP contribution in [0.4, 0.5) is 0 Å². The van der Waals surface area contributed by atoms with Gasteiger partial charge in [0.05, 0.1) is 25.4 Å². The van der Waals surface area contributed by atoms with E-state index in [9.17, 15) is 40.5 Å². The Balaban J connectivity index is 2.54. The Morgan fingerprint density at radius 1 is 0.636 bits per heavy atom. The van der Waals surface area contributed by atoms with Crippen LogP contribution in [0.1, 0.15) is 168 Å². The van der Waals surface area contributed by atoms with E-state index in [1.165, 1.54) is 70.6 Å². The molecule has 55 heavy (non-hydrogen) atoms. The fraction of sp³-hybridized carbons (Fsp3) is 0.841. The third kappa shape index (κ3) is 24.7. The number of aliphatic hydroxyl groups excluding tert-OH is 7. The van der Waals surface area contributed by atoms with Gasteiger partial charge < -0.3 is 50.5 Å². The number of hydrogen-bond acceptors (Lipinski definition) is 10. The maximum absolute atomic E-state index is 13.0. The first-order valence-corrected chi connectivity index (χ1v) is 21.9. The number of carbonyl (C=O) groups excluding carboxylic acids is 1. The average molecular weight is 784 g/mol. The molecule has 11 heteroatoms. The lowest BCUT2D eigenvalue weighted by molar-refractivity contribution is -0.303. The minimum atomic E-state index is -1.67. The molecule has 1 fully saturated rings. The second-order valence-electron chi connectivity index (χ2n) is 15.4. The van der Waals surface area contributed by atoms with Gasteiger partial charge in [0.25, 0.3) is 0 Å². The van der Waals surface area contributed by atoms with Crippen molar-refractivity contribution in [1.29, 1.82) is 0 Å². The van der Waals surface area contributed by atoms with Crippen LogP contribution in [0.2, 0.25) is 0 Å². The van der Waals surface area contributed by atoms with Crippen molar-refractivity contribution in [3.8, 4) is 0 Å². The lowest BCUT2D eigenvalue weighted by Gasteiger charge is -2.40. The Morgan fingerprint density at radius 3 is 1.71 bits per heavy atom. The molecule has 0 aromatic heterocycles. The molecule has 0 bridgehead atoms. The Hall–Kier alpha value is -1.67. The molecular formula is C44H81NO10. The van der Waals surface area contributed by atoms with Crippen LogP contribution < -0.4 is 5.32 Å². The van der Waals surface area contributed by atoms with E-state index >= 15 is 0 Å². The van der Waals surface area contributed by atoms with E-state index in [2.05, 4.69) is 55.6 Å². The first-order valence-electron chi connectivity index (χ1n) is 21.9. The normalized spacial score (nSPS) is 22.8. The molecule has 1 aliphatic rings. The first-order chi connectivity index (χ1) is 26.7. The van der Waals surface area contributed by atoms with Gasteiger partial charge in [-0.2, -0.15) is 0 Å². The van der Waals surface area contributed by atoms with E-state index in [0.29, 0.717) is 12.8 Å². The Morgan fingerprint density at radius 2 is 1.13 bits per heavy atom. The molecule has 1 rings (SSSR count). The number of carbonyl (C=O) groups is 1. The summed E-state index contributed by atoms with van der Waals surface area (Å²) in [6, 6.07) is -1.19. The van der Waals surface area contributed by atoms with E-state index in [1.54, 1.807) is 0 Å². The van der Waals surface area contributed by atoms with Crippen molar-refractivity contribution in [2.24, 2.45) is 0 Å². The second-order valence-corrected chi connectivity index (χ2v) is 15.4. The molecule has 1 aliphatic heterocycles. The molecule has 9 unspecified atom stereocenters. The molecular weight excluding hydrogens is 702 g/mol. The number of aliphatic hydroxyl groups is 7. The number of amides is 1. The molecule has 0 radical (unpaired) electrons. The van der Waals surface area contributed by atoms with Crippen LogP contribution in [-0.2, 0) is 14.3 Å². The van der Waals surface area contributed by atoms with Crippen LogP contribution in [0.15, 0.2) is 36.5 Å². The quantitative estimate of drug-likeness (QED) is 0.0202. The number of rotatable bonds is 35.